The lowest BCUT2D eigenvalue weighted by Gasteiger charge is -2.23. The van der Waals surface area contributed by atoms with E-state index in [1.165, 1.54) is 37.9 Å². The molecule has 1 aliphatic heterocycles. The number of nitrogens with one attached hydrogen (secondary N) is 1. The molecule has 2 heteroatoms. The number of hydrogen-bond donors (Lipinski definition) is 1. The van der Waals surface area contributed by atoms with E-state index >= 15 is 0 Å². The molecule has 0 radical (unpaired) electrons. The summed E-state index contributed by atoms with van der Waals surface area (Å²) < 4.78 is 5.20. The minimum atomic E-state index is 0.639. The molecule has 1 unspecified atom stereocenters. The molecule has 2 fully saturated rings. The largest absolute Gasteiger partial charge is 0.497 e. The van der Waals surface area contributed by atoms with E-state index in [0.717, 1.165) is 11.7 Å². The molecule has 1 spiro atoms. The zero-order valence-electron chi connectivity index (χ0n) is 9.83. The highest BCUT2D eigenvalue weighted by Crippen LogP contribution is 2.64. The second kappa shape index (κ2) is 3.77. The first-order chi connectivity index (χ1) is 7.84. The van der Waals surface area contributed by atoms with Crippen molar-refractivity contribution in [1.29, 1.82) is 0 Å². The Hall–Kier alpha value is -1.02. The second-order valence-electron chi connectivity index (χ2n) is 5.14. The third-order valence-corrected chi connectivity index (χ3v) is 4.31. The van der Waals surface area contributed by atoms with Gasteiger partial charge in [0.05, 0.1) is 7.11 Å². The Balaban J connectivity index is 1.74. The average Bonchev–Trinajstić information content (AvgIpc) is 3.04. The molecule has 0 aromatic heterocycles. The molecule has 2 nitrogen and oxygen atoms in total. The van der Waals surface area contributed by atoms with Gasteiger partial charge >= 0.3 is 0 Å². The Bertz CT molecular complexity index is 365. The lowest BCUT2D eigenvalue weighted by Crippen LogP contribution is -2.29. The maximum atomic E-state index is 5.20. The summed E-state index contributed by atoms with van der Waals surface area (Å²) in [5.74, 6) is 1.77. The summed E-state index contributed by atoms with van der Waals surface area (Å²) in [5.41, 5.74) is 2.14. The van der Waals surface area contributed by atoms with E-state index in [-0.39, 0.29) is 0 Å². The molecule has 0 amide bonds. The van der Waals surface area contributed by atoms with E-state index in [0.29, 0.717) is 5.41 Å². The SMILES string of the molecule is COc1ccc(C2CC23CCNCC3)cc1. The van der Waals surface area contributed by atoms with Crippen LogP contribution in [0.2, 0.25) is 0 Å². The van der Waals surface area contributed by atoms with Gasteiger partial charge in [0, 0.05) is 0 Å². The maximum absolute atomic E-state index is 5.20. The van der Waals surface area contributed by atoms with E-state index in [2.05, 4.69) is 29.6 Å². The Labute approximate surface area is 97.0 Å². The van der Waals surface area contributed by atoms with Gasteiger partial charge in [-0.05, 0) is 61.4 Å². The van der Waals surface area contributed by atoms with Gasteiger partial charge in [-0.2, -0.15) is 0 Å². The molecule has 1 aromatic carbocycles. The number of ether oxygens (including phenoxy) is 1. The molecule has 86 valence electrons. The van der Waals surface area contributed by atoms with Gasteiger partial charge in [-0.3, -0.25) is 0 Å². The number of methoxy groups -OCH3 is 1. The van der Waals surface area contributed by atoms with E-state index < -0.39 is 0 Å². The normalized spacial score (nSPS) is 26.7. The Morgan fingerprint density at radius 3 is 2.50 bits per heavy atom. The molecule has 1 N–H and O–H groups in total. The maximum Gasteiger partial charge on any atom is 0.118 e. The Morgan fingerprint density at radius 1 is 1.19 bits per heavy atom. The van der Waals surface area contributed by atoms with E-state index in [9.17, 15) is 0 Å². The quantitative estimate of drug-likeness (QED) is 0.822. The van der Waals surface area contributed by atoms with Crippen molar-refractivity contribution in [3.8, 4) is 5.75 Å². The van der Waals surface area contributed by atoms with Crippen LogP contribution in [0.3, 0.4) is 0 Å². The van der Waals surface area contributed by atoms with Crippen molar-refractivity contribution < 1.29 is 4.74 Å². The first kappa shape index (κ1) is 10.2. The van der Waals surface area contributed by atoms with Crippen LogP contribution in [0, 0.1) is 5.41 Å². The monoisotopic (exact) mass is 217 g/mol. The topological polar surface area (TPSA) is 21.3 Å². The number of hydrogen-bond acceptors (Lipinski definition) is 2. The van der Waals surface area contributed by atoms with Gasteiger partial charge in [-0.15, -0.1) is 0 Å². The fourth-order valence-corrected chi connectivity index (χ4v) is 3.13. The smallest absolute Gasteiger partial charge is 0.118 e. The minimum Gasteiger partial charge on any atom is -0.497 e. The number of benzene rings is 1. The van der Waals surface area contributed by atoms with Crippen molar-refractivity contribution in [2.45, 2.75) is 25.2 Å². The molecular weight excluding hydrogens is 198 g/mol. The first-order valence-electron chi connectivity index (χ1n) is 6.19. The molecule has 1 saturated carbocycles. The predicted octanol–water partition coefficient (Wildman–Crippen LogP) is 2.55. The van der Waals surface area contributed by atoms with Gasteiger partial charge in [0.1, 0.15) is 5.75 Å². The molecule has 1 atom stereocenters. The summed E-state index contributed by atoms with van der Waals surface area (Å²) in [6.07, 6.45) is 4.09. The summed E-state index contributed by atoms with van der Waals surface area (Å²) >= 11 is 0. The summed E-state index contributed by atoms with van der Waals surface area (Å²) in [6.45, 7) is 2.40. The fourth-order valence-electron chi connectivity index (χ4n) is 3.13. The van der Waals surface area contributed by atoms with Crippen LogP contribution in [0.25, 0.3) is 0 Å². The Kier molecular flexibility index (Phi) is 2.40. The van der Waals surface area contributed by atoms with Crippen LogP contribution >= 0.6 is 0 Å². The van der Waals surface area contributed by atoms with Crippen molar-refractivity contribution >= 4 is 0 Å². The zero-order chi connectivity index (χ0) is 11.0. The van der Waals surface area contributed by atoms with Crippen LogP contribution in [0.15, 0.2) is 24.3 Å². The van der Waals surface area contributed by atoms with Crippen LogP contribution < -0.4 is 10.1 Å². The van der Waals surface area contributed by atoms with Gasteiger partial charge in [0.15, 0.2) is 0 Å². The van der Waals surface area contributed by atoms with Crippen molar-refractivity contribution in [3.05, 3.63) is 29.8 Å². The molecule has 1 saturated heterocycles. The summed E-state index contributed by atoms with van der Waals surface area (Å²) in [7, 11) is 1.72. The number of rotatable bonds is 2. The molecule has 2 aliphatic rings. The molecular formula is C14H19NO. The van der Waals surface area contributed by atoms with Crippen LogP contribution in [-0.4, -0.2) is 20.2 Å². The Morgan fingerprint density at radius 2 is 1.88 bits per heavy atom. The molecule has 3 rings (SSSR count). The van der Waals surface area contributed by atoms with E-state index in [1.54, 1.807) is 7.11 Å². The van der Waals surface area contributed by atoms with Crippen molar-refractivity contribution in [3.63, 3.8) is 0 Å². The van der Waals surface area contributed by atoms with Gasteiger partial charge in [-0.1, -0.05) is 12.1 Å². The standard InChI is InChI=1S/C14H19NO/c1-16-12-4-2-11(3-5-12)13-10-14(13)6-8-15-9-7-14/h2-5,13,15H,6-10H2,1H3. The highest BCUT2D eigenvalue weighted by molar-refractivity contribution is 5.35. The van der Waals surface area contributed by atoms with Crippen LogP contribution in [-0.2, 0) is 0 Å². The molecule has 0 bridgehead atoms. The highest BCUT2D eigenvalue weighted by atomic mass is 16.5. The number of piperidine rings is 1. The van der Waals surface area contributed by atoms with Gasteiger partial charge in [0.2, 0.25) is 0 Å². The van der Waals surface area contributed by atoms with E-state index in [4.69, 9.17) is 4.74 Å². The molecule has 1 aromatic rings. The first-order valence-corrected chi connectivity index (χ1v) is 6.19. The second-order valence-corrected chi connectivity index (χ2v) is 5.14. The van der Waals surface area contributed by atoms with Gasteiger partial charge in [-0.25, -0.2) is 0 Å². The lowest BCUT2D eigenvalue weighted by molar-refractivity contribution is 0.342. The third-order valence-electron chi connectivity index (χ3n) is 4.31. The zero-order valence-corrected chi connectivity index (χ0v) is 9.83. The molecule has 1 heterocycles. The van der Waals surface area contributed by atoms with Crippen LogP contribution in [0.4, 0.5) is 0 Å². The lowest BCUT2D eigenvalue weighted by atomic mass is 9.89. The van der Waals surface area contributed by atoms with Crippen molar-refractivity contribution in [2.24, 2.45) is 5.41 Å². The summed E-state index contributed by atoms with van der Waals surface area (Å²) in [5, 5.41) is 3.45. The van der Waals surface area contributed by atoms with Gasteiger partial charge < -0.3 is 10.1 Å². The summed E-state index contributed by atoms with van der Waals surface area (Å²) in [4.78, 5) is 0. The summed E-state index contributed by atoms with van der Waals surface area (Å²) in [6, 6.07) is 8.64. The minimum absolute atomic E-state index is 0.639. The highest BCUT2D eigenvalue weighted by Gasteiger charge is 2.54. The van der Waals surface area contributed by atoms with Crippen LogP contribution in [0.5, 0.6) is 5.75 Å². The third kappa shape index (κ3) is 1.61. The van der Waals surface area contributed by atoms with Crippen molar-refractivity contribution in [2.75, 3.05) is 20.2 Å². The fraction of sp³-hybridized carbons (Fsp3) is 0.571. The van der Waals surface area contributed by atoms with Crippen molar-refractivity contribution in [1.82, 2.24) is 5.32 Å². The molecule has 1 aliphatic carbocycles. The van der Waals surface area contributed by atoms with E-state index in [1.807, 2.05) is 0 Å². The van der Waals surface area contributed by atoms with Crippen LogP contribution in [0.1, 0.15) is 30.7 Å². The average molecular weight is 217 g/mol. The molecule has 16 heavy (non-hydrogen) atoms. The van der Waals surface area contributed by atoms with Gasteiger partial charge in [0.25, 0.3) is 0 Å². The predicted molar refractivity (Wildman–Crippen MR) is 64.9 cm³/mol.